The number of nitrogens with one attached hydrogen (secondary N) is 2. The predicted octanol–water partition coefficient (Wildman–Crippen LogP) is 0.830. The van der Waals surface area contributed by atoms with Crippen molar-refractivity contribution in [2.24, 2.45) is 0 Å². The van der Waals surface area contributed by atoms with Crippen LogP contribution in [0.2, 0.25) is 0 Å². The number of para-hydroxylation sites is 1. The van der Waals surface area contributed by atoms with E-state index in [4.69, 9.17) is 0 Å². The number of carbonyl (C=O) groups is 4. The van der Waals surface area contributed by atoms with Gasteiger partial charge in [0.15, 0.2) is 0 Å². The third-order valence-electron chi connectivity index (χ3n) is 3.04. The van der Waals surface area contributed by atoms with E-state index in [2.05, 4.69) is 10.6 Å². The fraction of sp³-hybridized carbons (Fsp3) is 0.0588. The fourth-order valence-corrected chi connectivity index (χ4v) is 2.01. The van der Waals surface area contributed by atoms with Crippen LogP contribution < -0.4 is 15.7 Å². The molecule has 2 rings (SSSR count). The molecule has 0 fully saturated rings. The molecule has 0 spiro atoms. The number of benzene rings is 2. The van der Waals surface area contributed by atoms with Crippen LogP contribution in [0, 0.1) is 0 Å². The zero-order valence-corrected chi connectivity index (χ0v) is 12.7. The van der Waals surface area contributed by atoms with Crippen molar-refractivity contribution in [2.75, 3.05) is 10.6 Å². The first-order chi connectivity index (χ1) is 11.4. The van der Waals surface area contributed by atoms with E-state index in [-0.39, 0.29) is 28.4 Å². The van der Waals surface area contributed by atoms with Gasteiger partial charge in [0.05, 0.1) is 17.2 Å². The largest absolute Gasteiger partial charge is 0.545 e. The van der Waals surface area contributed by atoms with E-state index in [1.807, 2.05) is 0 Å². The minimum atomic E-state index is -1.39. The molecule has 0 atom stereocenters. The molecule has 0 aliphatic carbocycles. The predicted molar refractivity (Wildman–Crippen MR) is 84.5 cm³/mol. The zero-order chi connectivity index (χ0) is 17.7. The van der Waals surface area contributed by atoms with Crippen LogP contribution in [0.25, 0.3) is 0 Å². The fourth-order valence-electron chi connectivity index (χ4n) is 2.01. The van der Waals surface area contributed by atoms with Gasteiger partial charge in [-0.25, -0.2) is 0 Å². The summed E-state index contributed by atoms with van der Waals surface area (Å²) in [4.78, 5) is 46.4. The van der Waals surface area contributed by atoms with Gasteiger partial charge in [-0.05, 0) is 29.8 Å². The van der Waals surface area contributed by atoms with Crippen molar-refractivity contribution in [3.63, 3.8) is 0 Å². The third-order valence-corrected chi connectivity index (χ3v) is 3.04. The molecule has 0 saturated carbocycles. The van der Waals surface area contributed by atoms with Gasteiger partial charge in [0, 0.05) is 12.6 Å². The van der Waals surface area contributed by atoms with Crippen LogP contribution in [0.1, 0.15) is 27.6 Å². The molecule has 0 aliphatic heterocycles. The summed E-state index contributed by atoms with van der Waals surface area (Å²) >= 11 is 0. The van der Waals surface area contributed by atoms with Gasteiger partial charge in [0.2, 0.25) is 5.91 Å². The SMILES string of the molecule is CC(=O)Nc1ccccc1C(=O)C(=O)Nc1cccc(C(=O)[O-])c1. The Labute approximate surface area is 137 Å². The van der Waals surface area contributed by atoms with Crippen molar-refractivity contribution >= 4 is 34.9 Å². The average molecular weight is 325 g/mol. The molecule has 0 saturated heterocycles. The molecule has 0 heterocycles. The number of hydrogen-bond acceptors (Lipinski definition) is 5. The normalized spacial score (nSPS) is 9.88. The highest BCUT2D eigenvalue weighted by Gasteiger charge is 2.20. The highest BCUT2D eigenvalue weighted by molar-refractivity contribution is 6.47. The van der Waals surface area contributed by atoms with E-state index >= 15 is 0 Å². The molecule has 2 aromatic rings. The second-order valence-corrected chi connectivity index (χ2v) is 4.88. The first-order valence-electron chi connectivity index (χ1n) is 6.92. The summed E-state index contributed by atoms with van der Waals surface area (Å²) in [6, 6.07) is 11.4. The second kappa shape index (κ2) is 7.19. The van der Waals surface area contributed by atoms with Crippen LogP contribution in [0.5, 0.6) is 0 Å². The lowest BCUT2D eigenvalue weighted by molar-refractivity contribution is -0.255. The molecular formula is C17H13N2O5-. The van der Waals surface area contributed by atoms with Gasteiger partial charge < -0.3 is 20.5 Å². The van der Waals surface area contributed by atoms with E-state index in [0.717, 1.165) is 0 Å². The van der Waals surface area contributed by atoms with E-state index in [1.165, 1.54) is 43.3 Å². The maximum atomic E-state index is 12.3. The third kappa shape index (κ3) is 4.04. The summed E-state index contributed by atoms with van der Waals surface area (Å²) in [7, 11) is 0. The summed E-state index contributed by atoms with van der Waals surface area (Å²) in [6.45, 7) is 1.28. The quantitative estimate of drug-likeness (QED) is 0.624. The molecule has 7 heteroatoms. The number of anilines is 2. The monoisotopic (exact) mass is 325 g/mol. The van der Waals surface area contributed by atoms with E-state index in [0.29, 0.717) is 0 Å². The first-order valence-corrected chi connectivity index (χ1v) is 6.92. The summed E-state index contributed by atoms with van der Waals surface area (Å²) in [5, 5.41) is 15.6. The van der Waals surface area contributed by atoms with Gasteiger partial charge in [-0.1, -0.05) is 24.3 Å². The summed E-state index contributed by atoms with van der Waals surface area (Å²) in [5.41, 5.74) is 0.265. The average Bonchev–Trinajstić information content (AvgIpc) is 2.54. The van der Waals surface area contributed by atoms with Gasteiger partial charge in [0.1, 0.15) is 0 Å². The van der Waals surface area contributed by atoms with Crippen LogP contribution in [-0.4, -0.2) is 23.6 Å². The highest BCUT2D eigenvalue weighted by atomic mass is 16.4. The molecular weight excluding hydrogens is 312 g/mol. The van der Waals surface area contributed by atoms with Crippen molar-refractivity contribution in [1.82, 2.24) is 0 Å². The van der Waals surface area contributed by atoms with Crippen molar-refractivity contribution in [3.05, 3.63) is 59.7 Å². The standard InChI is InChI=1S/C17H14N2O5/c1-10(20)18-14-8-3-2-7-13(14)15(21)16(22)19-12-6-4-5-11(9-12)17(23)24/h2-9H,1H3,(H,18,20)(H,19,22)(H,23,24)/p-1. The van der Waals surface area contributed by atoms with Crippen molar-refractivity contribution < 1.29 is 24.3 Å². The molecule has 2 aromatic carbocycles. The number of Topliss-reactive ketones (excluding diaryl/α,β-unsaturated/α-hetero) is 1. The number of carboxylic acids is 1. The lowest BCUT2D eigenvalue weighted by Gasteiger charge is -2.10. The Bertz CT molecular complexity index is 829. The number of carboxylic acid groups (broad SMARTS) is 1. The van der Waals surface area contributed by atoms with Crippen molar-refractivity contribution in [3.8, 4) is 0 Å². The molecule has 0 unspecified atom stereocenters. The maximum Gasteiger partial charge on any atom is 0.296 e. The molecule has 122 valence electrons. The Morgan fingerprint density at radius 1 is 0.917 bits per heavy atom. The Kier molecular flexibility index (Phi) is 5.06. The number of aromatic carboxylic acids is 1. The molecule has 7 nitrogen and oxygen atoms in total. The molecule has 0 aromatic heterocycles. The van der Waals surface area contributed by atoms with Crippen LogP contribution >= 0.6 is 0 Å². The van der Waals surface area contributed by atoms with Crippen molar-refractivity contribution in [2.45, 2.75) is 6.92 Å². The Morgan fingerprint density at radius 2 is 1.62 bits per heavy atom. The summed E-state index contributed by atoms with van der Waals surface area (Å²) < 4.78 is 0. The Balaban J connectivity index is 2.22. The summed E-state index contributed by atoms with van der Waals surface area (Å²) in [5.74, 6) is -3.59. The highest BCUT2D eigenvalue weighted by Crippen LogP contribution is 2.17. The number of hydrogen-bond donors (Lipinski definition) is 2. The van der Waals surface area contributed by atoms with E-state index < -0.39 is 17.7 Å². The lowest BCUT2D eigenvalue weighted by atomic mass is 10.1. The molecule has 0 radical (unpaired) electrons. The second-order valence-electron chi connectivity index (χ2n) is 4.88. The minimum Gasteiger partial charge on any atom is -0.545 e. The number of ketones is 1. The van der Waals surface area contributed by atoms with E-state index in [1.54, 1.807) is 12.1 Å². The number of rotatable bonds is 5. The van der Waals surface area contributed by atoms with Gasteiger partial charge in [-0.2, -0.15) is 0 Å². The van der Waals surface area contributed by atoms with E-state index in [9.17, 15) is 24.3 Å². The van der Waals surface area contributed by atoms with Crippen LogP contribution in [-0.2, 0) is 9.59 Å². The van der Waals surface area contributed by atoms with Crippen LogP contribution in [0.4, 0.5) is 11.4 Å². The van der Waals surface area contributed by atoms with Gasteiger partial charge in [0.25, 0.3) is 11.7 Å². The van der Waals surface area contributed by atoms with Crippen LogP contribution in [0.15, 0.2) is 48.5 Å². The number of carbonyl (C=O) groups excluding carboxylic acids is 4. The first kappa shape index (κ1) is 16.9. The number of amides is 2. The van der Waals surface area contributed by atoms with Gasteiger partial charge in [-0.15, -0.1) is 0 Å². The topological polar surface area (TPSA) is 115 Å². The Hall–Kier alpha value is -3.48. The molecule has 0 bridgehead atoms. The lowest BCUT2D eigenvalue weighted by Crippen LogP contribution is -2.25. The summed E-state index contributed by atoms with van der Waals surface area (Å²) in [6.07, 6.45) is 0. The maximum absolute atomic E-state index is 12.3. The molecule has 2 N–H and O–H groups in total. The smallest absolute Gasteiger partial charge is 0.296 e. The van der Waals surface area contributed by atoms with Gasteiger partial charge in [-0.3, -0.25) is 14.4 Å². The zero-order valence-electron chi connectivity index (χ0n) is 12.7. The van der Waals surface area contributed by atoms with Crippen LogP contribution in [0.3, 0.4) is 0 Å². The Morgan fingerprint density at radius 3 is 2.29 bits per heavy atom. The molecule has 24 heavy (non-hydrogen) atoms. The van der Waals surface area contributed by atoms with Crippen molar-refractivity contribution in [1.29, 1.82) is 0 Å². The molecule has 2 amide bonds. The van der Waals surface area contributed by atoms with Gasteiger partial charge >= 0.3 is 0 Å². The minimum absolute atomic E-state index is 0.0289. The molecule has 0 aliphatic rings.